The molecule has 0 saturated heterocycles. The minimum atomic E-state index is -0.180. The number of nitrogens with zero attached hydrogens (tertiary/aromatic N) is 3. The van der Waals surface area contributed by atoms with E-state index < -0.39 is 0 Å². The summed E-state index contributed by atoms with van der Waals surface area (Å²) in [5.74, 6) is 0.523. The van der Waals surface area contributed by atoms with Crippen LogP contribution in [0.3, 0.4) is 0 Å². The van der Waals surface area contributed by atoms with Crippen molar-refractivity contribution in [3.05, 3.63) is 95.3 Å². The molecule has 1 amide bonds. The molecule has 6 heteroatoms. The molecule has 0 fully saturated rings. The maximum atomic E-state index is 12.6. The SMILES string of the molecule is Cc1cccc(-n2c(-c3ccccc3)nn(CC(=O)Nc3ccccc3)c2=S)c1. The fraction of sp³-hybridized carbons (Fsp3) is 0.0870. The number of para-hydroxylation sites is 1. The maximum Gasteiger partial charge on any atom is 0.246 e. The highest BCUT2D eigenvalue weighted by atomic mass is 32.1. The van der Waals surface area contributed by atoms with E-state index in [0.717, 1.165) is 22.5 Å². The Bertz CT molecular complexity index is 1200. The molecule has 4 aromatic rings. The lowest BCUT2D eigenvalue weighted by Crippen LogP contribution is -2.19. The van der Waals surface area contributed by atoms with Crippen LogP contribution in [0.1, 0.15) is 5.56 Å². The molecule has 0 saturated carbocycles. The van der Waals surface area contributed by atoms with Gasteiger partial charge in [-0.2, -0.15) is 5.10 Å². The second kappa shape index (κ2) is 8.24. The minimum absolute atomic E-state index is 0.0341. The zero-order chi connectivity index (χ0) is 20.2. The van der Waals surface area contributed by atoms with Gasteiger partial charge < -0.3 is 5.32 Å². The van der Waals surface area contributed by atoms with Crippen LogP contribution in [-0.2, 0) is 11.3 Å². The minimum Gasteiger partial charge on any atom is -0.324 e. The van der Waals surface area contributed by atoms with Crippen LogP contribution in [0.2, 0.25) is 0 Å². The van der Waals surface area contributed by atoms with E-state index >= 15 is 0 Å². The van der Waals surface area contributed by atoms with Crippen LogP contribution in [0.25, 0.3) is 17.1 Å². The van der Waals surface area contributed by atoms with E-state index in [1.807, 2.05) is 90.4 Å². The average molecular weight is 401 g/mol. The van der Waals surface area contributed by atoms with Crippen molar-refractivity contribution >= 4 is 23.8 Å². The summed E-state index contributed by atoms with van der Waals surface area (Å²) in [6, 6.07) is 27.3. The van der Waals surface area contributed by atoms with Gasteiger partial charge in [-0.1, -0.05) is 60.7 Å². The molecule has 29 heavy (non-hydrogen) atoms. The Kier molecular flexibility index (Phi) is 5.35. The Morgan fingerprint density at radius 1 is 0.966 bits per heavy atom. The van der Waals surface area contributed by atoms with E-state index in [0.29, 0.717) is 10.6 Å². The van der Waals surface area contributed by atoms with Crippen molar-refractivity contribution < 1.29 is 4.79 Å². The van der Waals surface area contributed by atoms with E-state index in [1.54, 1.807) is 4.68 Å². The number of benzene rings is 3. The molecule has 0 atom stereocenters. The van der Waals surface area contributed by atoms with E-state index in [-0.39, 0.29) is 12.5 Å². The molecule has 0 bridgehead atoms. The third-order valence-corrected chi connectivity index (χ3v) is 4.88. The van der Waals surface area contributed by atoms with Crippen LogP contribution in [0.15, 0.2) is 84.9 Å². The summed E-state index contributed by atoms with van der Waals surface area (Å²) in [6.07, 6.45) is 0. The number of hydrogen-bond donors (Lipinski definition) is 1. The van der Waals surface area contributed by atoms with Crippen molar-refractivity contribution in [3.8, 4) is 17.1 Å². The number of hydrogen-bond acceptors (Lipinski definition) is 3. The van der Waals surface area contributed by atoms with Crippen molar-refractivity contribution in [1.29, 1.82) is 0 Å². The van der Waals surface area contributed by atoms with E-state index in [4.69, 9.17) is 12.2 Å². The first-order valence-electron chi connectivity index (χ1n) is 9.29. The number of rotatable bonds is 5. The molecule has 0 aliphatic rings. The van der Waals surface area contributed by atoms with E-state index in [2.05, 4.69) is 16.5 Å². The Morgan fingerprint density at radius 2 is 1.66 bits per heavy atom. The van der Waals surface area contributed by atoms with Gasteiger partial charge in [0, 0.05) is 11.3 Å². The number of aryl methyl sites for hydroxylation is 1. The zero-order valence-electron chi connectivity index (χ0n) is 15.9. The highest BCUT2D eigenvalue weighted by Gasteiger charge is 2.16. The molecular weight excluding hydrogens is 380 g/mol. The third kappa shape index (κ3) is 4.17. The van der Waals surface area contributed by atoms with Crippen LogP contribution in [-0.4, -0.2) is 20.3 Å². The summed E-state index contributed by atoms with van der Waals surface area (Å²) in [6.45, 7) is 2.07. The topological polar surface area (TPSA) is 51.9 Å². The quantitative estimate of drug-likeness (QED) is 0.479. The van der Waals surface area contributed by atoms with Gasteiger partial charge in [-0.15, -0.1) is 0 Å². The molecule has 4 rings (SSSR count). The molecule has 144 valence electrons. The summed E-state index contributed by atoms with van der Waals surface area (Å²) in [4.78, 5) is 12.6. The lowest BCUT2D eigenvalue weighted by molar-refractivity contribution is -0.116. The Balaban J connectivity index is 1.74. The van der Waals surface area contributed by atoms with Crippen LogP contribution < -0.4 is 5.32 Å². The highest BCUT2D eigenvalue weighted by Crippen LogP contribution is 2.23. The maximum absolute atomic E-state index is 12.6. The van der Waals surface area contributed by atoms with E-state index in [9.17, 15) is 4.79 Å². The summed E-state index contributed by atoms with van der Waals surface area (Å²) in [5, 5.41) is 7.56. The van der Waals surface area contributed by atoms with Gasteiger partial charge in [0.25, 0.3) is 0 Å². The van der Waals surface area contributed by atoms with Gasteiger partial charge >= 0.3 is 0 Å². The van der Waals surface area contributed by atoms with E-state index in [1.165, 1.54) is 0 Å². The number of amides is 1. The predicted molar refractivity (Wildman–Crippen MR) is 118 cm³/mol. The first-order valence-corrected chi connectivity index (χ1v) is 9.70. The first kappa shape index (κ1) is 18.8. The Morgan fingerprint density at radius 3 is 2.34 bits per heavy atom. The fourth-order valence-corrected chi connectivity index (χ4v) is 3.44. The predicted octanol–water partition coefficient (Wildman–Crippen LogP) is 5.02. The van der Waals surface area contributed by atoms with Gasteiger partial charge in [0.05, 0.1) is 5.69 Å². The number of nitrogens with one attached hydrogen (secondary N) is 1. The molecule has 0 unspecified atom stereocenters. The third-order valence-electron chi connectivity index (χ3n) is 4.48. The van der Waals surface area contributed by atoms with Gasteiger partial charge in [0.15, 0.2) is 5.82 Å². The largest absolute Gasteiger partial charge is 0.324 e. The van der Waals surface area contributed by atoms with Crippen molar-refractivity contribution in [3.63, 3.8) is 0 Å². The van der Waals surface area contributed by atoms with Gasteiger partial charge in [0.2, 0.25) is 10.7 Å². The van der Waals surface area contributed by atoms with Gasteiger partial charge in [0.1, 0.15) is 6.54 Å². The summed E-state index contributed by atoms with van der Waals surface area (Å²) in [7, 11) is 0. The summed E-state index contributed by atoms with van der Waals surface area (Å²) >= 11 is 5.70. The molecule has 1 N–H and O–H groups in total. The average Bonchev–Trinajstić information content (AvgIpc) is 3.05. The molecule has 0 radical (unpaired) electrons. The van der Waals surface area contributed by atoms with Crippen LogP contribution in [0, 0.1) is 11.7 Å². The fourth-order valence-electron chi connectivity index (χ4n) is 3.14. The number of carbonyl (C=O) groups excluding carboxylic acids is 1. The lowest BCUT2D eigenvalue weighted by atomic mass is 10.2. The second-order valence-electron chi connectivity index (χ2n) is 6.72. The molecule has 5 nitrogen and oxygen atoms in total. The lowest BCUT2D eigenvalue weighted by Gasteiger charge is -2.07. The van der Waals surface area contributed by atoms with Crippen molar-refractivity contribution in [2.24, 2.45) is 0 Å². The Hall–Kier alpha value is -3.51. The second-order valence-corrected chi connectivity index (χ2v) is 7.08. The number of aromatic nitrogens is 3. The normalized spacial score (nSPS) is 10.7. The standard InChI is InChI=1S/C23H20N4OS/c1-17-9-8-14-20(15-17)27-22(18-10-4-2-5-11-18)25-26(23(27)29)16-21(28)24-19-12-6-3-7-13-19/h2-15H,16H2,1H3,(H,24,28). The molecule has 1 heterocycles. The molecular formula is C23H20N4OS. The van der Waals surface area contributed by atoms with Crippen molar-refractivity contribution in [1.82, 2.24) is 14.3 Å². The Labute approximate surface area is 174 Å². The molecule has 0 aliphatic carbocycles. The summed E-state index contributed by atoms with van der Waals surface area (Å²) in [5.41, 5.74) is 3.72. The molecule has 0 spiro atoms. The van der Waals surface area contributed by atoms with Crippen LogP contribution >= 0.6 is 12.2 Å². The van der Waals surface area contributed by atoms with Gasteiger partial charge in [-0.25, -0.2) is 4.68 Å². The molecule has 1 aromatic heterocycles. The number of anilines is 1. The van der Waals surface area contributed by atoms with Crippen molar-refractivity contribution in [2.45, 2.75) is 13.5 Å². The smallest absolute Gasteiger partial charge is 0.246 e. The summed E-state index contributed by atoms with van der Waals surface area (Å²) < 4.78 is 3.95. The van der Waals surface area contributed by atoms with Crippen molar-refractivity contribution in [2.75, 3.05) is 5.32 Å². The van der Waals surface area contributed by atoms with Crippen LogP contribution in [0.5, 0.6) is 0 Å². The zero-order valence-corrected chi connectivity index (χ0v) is 16.8. The van der Waals surface area contributed by atoms with Crippen LogP contribution in [0.4, 0.5) is 5.69 Å². The highest BCUT2D eigenvalue weighted by molar-refractivity contribution is 7.71. The first-order chi connectivity index (χ1) is 14.1. The number of carbonyl (C=O) groups is 1. The molecule has 3 aromatic carbocycles. The monoisotopic (exact) mass is 400 g/mol. The van der Waals surface area contributed by atoms with Gasteiger partial charge in [-0.05, 0) is 49.0 Å². The molecule has 0 aliphatic heterocycles. The van der Waals surface area contributed by atoms with Gasteiger partial charge in [-0.3, -0.25) is 9.36 Å².